The molecule has 132 valence electrons. The summed E-state index contributed by atoms with van der Waals surface area (Å²) in [4.78, 5) is 23.6. The molecule has 0 radical (unpaired) electrons. The molecular formula is C17H22FN7. The van der Waals surface area contributed by atoms with E-state index in [2.05, 4.69) is 24.8 Å². The Bertz CT molecular complexity index is 740. The molecule has 2 fully saturated rings. The number of aryl methyl sites for hydroxylation is 1. The van der Waals surface area contributed by atoms with Crippen molar-refractivity contribution in [2.45, 2.75) is 19.8 Å². The molecule has 4 heterocycles. The number of aromatic nitrogens is 4. The summed E-state index contributed by atoms with van der Waals surface area (Å²) in [5.74, 6) is 1.80. The van der Waals surface area contributed by atoms with E-state index in [1.165, 1.54) is 25.4 Å². The fourth-order valence-corrected chi connectivity index (χ4v) is 3.44. The number of piperazine rings is 1. The average Bonchev–Trinajstić information content (AvgIpc) is 3.17. The van der Waals surface area contributed by atoms with Crippen LogP contribution in [-0.4, -0.2) is 59.2 Å². The third-order valence-corrected chi connectivity index (χ3v) is 4.77. The third-order valence-electron chi connectivity index (χ3n) is 4.77. The summed E-state index contributed by atoms with van der Waals surface area (Å²) in [7, 11) is 0. The molecule has 0 N–H and O–H groups in total. The highest BCUT2D eigenvalue weighted by atomic mass is 19.1. The van der Waals surface area contributed by atoms with Gasteiger partial charge in [-0.2, -0.15) is 4.98 Å². The zero-order valence-corrected chi connectivity index (χ0v) is 14.4. The van der Waals surface area contributed by atoms with E-state index in [1.807, 2.05) is 17.9 Å². The molecule has 0 amide bonds. The van der Waals surface area contributed by atoms with E-state index >= 15 is 0 Å². The first-order valence-electron chi connectivity index (χ1n) is 8.77. The Morgan fingerprint density at radius 3 is 2.36 bits per heavy atom. The number of rotatable bonds is 3. The molecule has 2 aromatic rings. The normalized spacial score (nSPS) is 18.1. The minimum atomic E-state index is -0.370. The molecular weight excluding hydrogens is 321 g/mol. The zero-order valence-electron chi connectivity index (χ0n) is 14.4. The fourth-order valence-electron chi connectivity index (χ4n) is 3.44. The van der Waals surface area contributed by atoms with Crippen molar-refractivity contribution in [3.8, 4) is 0 Å². The van der Waals surface area contributed by atoms with Crippen LogP contribution in [0.3, 0.4) is 0 Å². The standard InChI is InChI=1S/C17H22FN7/c1-13-10-15(22-17(21-13)25-4-2-3-5-25)23-6-8-24(9-7-23)16-14(18)11-19-12-20-16/h10-12H,2-9H2,1H3. The summed E-state index contributed by atoms with van der Waals surface area (Å²) < 4.78 is 13.9. The van der Waals surface area contributed by atoms with Crippen LogP contribution in [0, 0.1) is 12.7 Å². The molecule has 0 aromatic carbocycles. The lowest BCUT2D eigenvalue weighted by molar-refractivity contribution is 0.581. The number of nitrogens with zero attached hydrogens (tertiary/aromatic N) is 7. The minimum absolute atomic E-state index is 0.370. The van der Waals surface area contributed by atoms with Crippen LogP contribution in [-0.2, 0) is 0 Å². The minimum Gasteiger partial charge on any atom is -0.353 e. The van der Waals surface area contributed by atoms with E-state index in [0.717, 1.165) is 43.6 Å². The summed E-state index contributed by atoms with van der Waals surface area (Å²) in [6.07, 6.45) is 5.01. The van der Waals surface area contributed by atoms with Crippen LogP contribution >= 0.6 is 0 Å². The lowest BCUT2D eigenvalue weighted by Gasteiger charge is -2.36. The molecule has 2 saturated heterocycles. The monoisotopic (exact) mass is 343 g/mol. The molecule has 0 spiro atoms. The number of anilines is 3. The summed E-state index contributed by atoms with van der Waals surface area (Å²) in [5.41, 5.74) is 0.983. The zero-order chi connectivity index (χ0) is 17.2. The van der Waals surface area contributed by atoms with Crippen molar-refractivity contribution in [3.63, 3.8) is 0 Å². The van der Waals surface area contributed by atoms with Crippen LogP contribution in [0.1, 0.15) is 18.5 Å². The maximum absolute atomic E-state index is 13.9. The van der Waals surface area contributed by atoms with Crippen molar-refractivity contribution >= 4 is 17.6 Å². The molecule has 2 aromatic heterocycles. The number of halogens is 1. The first-order valence-corrected chi connectivity index (χ1v) is 8.77. The second-order valence-electron chi connectivity index (χ2n) is 6.53. The molecule has 0 saturated carbocycles. The van der Waals surface area contributed by atoms with Crippen LogP contribution in [0.25, 0.3) is 0 Å². The van der Waals surface area contributed by atoms with Gasteiger partial charge in [0.1, 0.15) is 12.1 Å². The van der Waals surface area contributed by atoms with E-state index in [4.69, 9.17) is 4.98 Å². The van der Waals surface area contributed by atoms with Gasteiger partial charge in [-0.25, -0.2) is 19.3 Å². The second-order valence-corrected chi connectivity index (χ2v) is 6.53. The van der Waals surface area contributed by atoms with Crippen molar-refractivity contribution in [1.82, 2.24) is 19.9 Å². The van der Waals surface area contributed by atoms with Gasteiger partial charge >= 0.3 is 0 Å². The van der Waals surface area contributed by atoms with Crippen molar-refractivity contribution in [3.05, 3.63) is 30.1 Å². The molecule has 0 atom stereocenters. The van der Waals surface area contributed by atoms with Crippen LogP contribution in [0.15, 0.2) is 18.6 Å². The SMILES string of the molecule is Cc1cc(N2CCN(c3ncncc3F)CC2)nc(N2CCCC2)n1. The van der Waals surface area contributed by atoms with E-state index in [1.54, 1.807) is 0 Å². The third kappa shape index (κ3) is 3.33. The van der Waals surface area contributed by atoms with Crippen molar-refractivity contribution in [2.75, 3.05) is 54.0 Å². The quantitative estimate of drug-likeness (QED) is 0.839. The van der Waals surface area contributed by atoms with Crippen LogP contribution in [0.5, 0.6) is 0 Å². The summed E-state index contributed by atoms with van der Waals surface area (Å²) >= 11 is 0. The lowest BCUT2D eigenvalue weighted by atomic mass is 10.3. The first kappa shape index (κ1) is 16.0. The van der Waals surface area contributed by atoms with Crippen LogP contribution < -0.4 is 14.7 Å². The smallest absolute Gasteiger partial charge is 0.227 e. The maximum Gasteiger partial charge on any atom is 0.227 e. The van der Waals surface area contributed by atoms with Crippen molar-refractivity contribution in [2.24, 2.45) is 0 Å². The largest absolute Gasteiger partial charge is 0.353 e. The Morgan fingerprint density at radius 2 is 1.64 bits per heavy atom. The molecule has 2 aliphatic heterocycles. The number of hydrogen-bond donors (Lipinski definition) is 0. The predicted molar refractivity (Wildman–Crippen MR) is 94.6 cm³/mol. The topological polar surface area (TPSA) is 61.3 Å². The molecule has 0 bridgehead atoms. The van der Waals surface area contributed by atoms with Gasteiger partial charge in [-0.15, -0.1) is 0 Å². The van der Waals surface area contributed by atoms with E-state index < -0.39 is 0 Å². The van der Waals surface area contributed by atoms with Gasteiger partial charge in [0.15, 0.2) is 11.6 Å². The molecule has 7 nitrogen and oxygen atoms in total. The summed E-state index contributed by atoms with van der Waals surface area (Å²) in [6, 6.07) is 2.03. The fraction of sp³-hybridized carbons (Fsp3) is 0.529. The maximum atomic E-state index is 13.9. The van der Waals surface area contributed by atoms with Gasteiger partial charge in [0.05, 0.1) is 6.20 Å². The van der Waals surface area contributed by atoms with E-state index in [-0.39, 0.29) is 5.82 Å². The van der Waals surface area contributed by atoms with E-state index in [9.17, 15) is 4.39 Å². The molecule has 25 heavy (non-hydrogen) atoms. The van der Waals surface area contributed by atoms with Gasteiger partial charge in [0.2, 0.25) is 5.95 Å². The highest BCUT2D eigenvalue weighted by Gasteiger charge is 2.23. The van der Waals surface area contributed by atoms with Crippen LogP contribution in [0.4, 0.5) is 22.0 Å². The highest BCUT2D eigenvalue weighted by Crippen LogP contribution is 2.23. The average molecular weight is 343 g/mol. The highest BCUT2D eigenvalue weighted by molar-refractivity contribution is 5.49. The van der Waals surface area contributed by atoms with Gasteiger partial charge in [-0.05, 0) is 19.8 Å². The first-order chi connectivity index (χ1) is 12.2. The van der Waals surface area contributed by atoms with Crippen molar-refractivity contribution < 1.29 is 4.39 Å². The predicted octanol–water partition coefficient (Wildman–Crippen LogP) is 1.64. The van der Waals surface area contributed by atoms with Gasteiger partial charge < -0.3 is 14.7 Å². The van der Waals surface area contributed by atoms with Crippen molar-refractivity contribution in [1.29, 1.82) is 0 Å². The Balaban J connectivity index is 1.48. The Hall–Kier alpha value is -2.51. The van der Waals surface area contributed by atoms with Gasteiger partial charge in [-0.3, -0.25) is 0 Å². The molecule has 2 aliphatic rings. The number of hydrogen-bond acceptors (Lipinski definition) is 7. The van der Waals surface area contributed by atoms with Crippen LogP contribution in [0.2, 0.25) is 0 Å². The summed E-state index contributed by atoms with van der Waals surface area (Å²) in [6.45, 7) is 7.04. The Morgan fingerprint density at radius 1 is 0.920 bits per heavy atom. The molecule has 4 rings (SSSR count). The lowest BCUT2D eigenvalue weighted by Crippen LogP contribution is -2.47. The Labute approximate surface area is 146 Å². The van der Waals surface area contributed by atoms with Gasteiger partial charge in [0, 0.05) is 51.0 Å². The molecule has 0 unspecified atom stereocenters. The molecule has 8 heteroatoms. The Kier molecular flexibility index (Phi) is 4.33. The van der Waals surface area contributed by atoms with Gasteiger partial charge in [0.25, 0.3) is 0 Å². The van der Waals surface area contributed by atoms with E-state index in [0.29, 0.717) is 18.9 Å². The molecule has 0 aliphatic carbocycles. The second kappa shape index (κ2) is 6.78. The summed E-state index contributed by atoms with van der Waals surface area (Å²) in [5, 5.41) is 0. The van der Waals surface area contributed by atoms with Gasteiger partial charge in [-0.1, -0.05) is 0 Å².